The molecule has 0 aliphatic rings. The minimum Gasteiger partial charge on any atom is -0.272 e. The lowest BCUT2D eigenvalue weighted by molar-refractivity contribution is 0.396. The first-order chi connectivity index (χ1) is 8.49. The van der Waals surface area contributed by atoms with E-state index < -0.39 is 0 Å². The van der Waals surface area contributed by atoms with Gasteiger partial charge in [-0.15, -0.1) is 0 Å². The summed E-state index contributed by atoms with van der Waals surface area (Å²) in [6.07, 6.45) is 3.90. The van der Waals surface area contributed by atoms with Crippen molar-refractivity contribution in [2.45, 2.75) is 45.6 Å². The van der Waals surface area contributed by atoms with E-state index in [1.54, 1.807) is 0 Å². The summed E-state index contributed by atoms with van der Waals surface area (Å²) in [6, 6.07) is 8.16. The molecule has 0 unspecified atom stereocenters. The normalized spacial score (nSPS) is 12.1. The molecule has 0 aromatic carbocycles. The first-order valence-corrected chi connectivity index (χ1v) is 6.44. The summed E-state index contributed by atoms with van der Waals surface area (Å²) < 4.78 is 2.02. The second-order valence-corrected chi connectivity index (χ2v) is 5.69. The van der Waals surface area contributed by atoms with Crippen molar-refractivity contribution in [2.24, 2.45) is 0 Å². The Hall–Kier alpha value is -1.64. The molecule has 0 atom stereocenters. The third-order valence-electron chi connectivity index (χ3n) is 3.17. The number of hydrogen-bond acceptors (Lipinski definition) is 2. The molecule has 0 bridgehead atoms. The Morgan fingerprint density at radius 2 is 2.00 bits per heavy atom. The van der Waals surface area contributed by atoms with Gasteiger partial charge in [0.05, 0.1) is 12.2 Å². The van der Waals surface area contributed by atoms with Gasteiger partial charge in [0.1, 0.15) is 0 Å². The molecule has 0 aliphatic carbocycles. The molecule has 0 fully saturated rings. The van der Waals surface area contributed by atoms with Gasteiger partial charge in [-0.1, -0.05) is 33.8 Å². The predicted molar refractivity (Wildman–Crippen MR) is 73.6 cm³/mol. The monoisotopic (exact) mass is 243 g/mol. The van der Waals surface area contributed by atoms with Crippen molar-refractivity contribution in [1.82, 2.24) is 14.8 Å². The minimum atomic E-state index is -0.0124. The summed E-state index contributed by atoms with van der Waals surface area (Å²) in [5.74, 6) is 0.476. The number of rotatable bonds is 4. The maximum atomic E-state index is 4.61. The highest BCUT2D eigenvalue weighted by Crippen LogP contribution is 2.23. The van der Waals surface area contributed by atoms with Crippen LogP contribution in [-0.2, 0) is 12.0 Å². The van der Waals surface area contributed by atoms with Gasteiger partial charge in [0.2, 0.25) is 0 Å². The van der Waals surface area contributed by atoms with E-state index >= 15 is 0 Å². The van der Waals surface area contributed by atoms with Gasteiger partial charge in [0.15, 0.2) is 0 Å². The Kier molecular flexibility index (Phi) is 3.50. The van der Waals surface area contributed by atoms with Gasteiger partial charge in [0.25, 0.3) is 0 Å². The maximum Gasteiger partial charge on any atom is 0.0649 e. The molecular weight excluding hydrogens is 222 g/mol. The van der Waals surface area contributed by atoms with E-state index in [-0.39, 0.29) is 5.41 Å². The molecule has 0 saturated heterocycles. The lowest BCUT2D eigenvalue weighted by Crippen LogP contribution is -2.26. The van der Waals surface area contributed by atoms with Crippen LogP contribution in [0.2, 0.25) is 0 Å². The quantitative estimate of drug-likeness (QED) is 0.824. The molecule has 0 spiro atoms. The van der Waals surface area contributed by atoms with E-state index in [4.69, 9.17) is 0 Å². The van der Waals surface area contributed by atoms with Gasteiger partial charge in [-0.3, -0.25) is 9.67 Å². The van der Waals surface area contributed by atoms with E-state index in [0.29, 0.717) is 5.92 Å². The number of hydrogen-bond donors (Lipinski definition) is 0. The van der Waals surface area contributed by atoms with E-state index in [0.717, 1.165) is 17.9 Å². The zero-order valence-electron chi connectivity index (χ0n) is 11.6. The van der Waals surface area contributed by atoms with Crippen LogP contribution in [0.15, 0.2) is 36.7 Å². The van der Waals surface area contributed by atoms with Crippen LogP contribution in [0.5, 0.6) is 0 Å². The molecule has 3 nitrogen and oxygen atoms in total. The molecule has 2 aromatic heterocycles. The highest BCUT2D eigenvalue weighted by atomic mass is 15.3. The molecule has 3 heteroatoms. The Bertz CT molecular complexity index is 497. The molecule has 2 heterocycles. The van der Waals surface area contributed by atoms with Crippen LogP contribution in [0, 0.1) is 0 Å². The Labute approximate surface area is 109 Å². The number of aromatic nitrogens is 3. The van der Waals surface area contributed by atoms with Gasteiger partial charge in [-0.25, -0.2) is 0 Å². The van der Waals surface area contributed by atoms with E-state index in [9.17, 15) is 0 Å². The Balaban J connectivity index is 2.17. The molecule has 0 radical (unpaired) electrons. The largest absolute Gasteiger partial charge is 0.272 e. The van der Waals surface area contributed by atoms with Crippen molar-refractivity contribution in [3.8, 4) is 0 Å². The van der Waals surface area contributed by atoms with Crippen molar-refractivity contribution in [3.05, 3.63) is 48.0 Å². The molecule has 0 aliphatic heterocycles. The minimum absolute atomic E-state index is 0.0124. The van der Waals surface area contributed by atoms with Crippen LogP contribution in [0.25, 0.3) is 0 Å². The van der Waals surface area contributed by atoms with E-state index in [1.165, 1.54) is 0 Å². The summed E-state index contributed by atoms with van der Waals surface area (Å²) >= 11 is 0. The zero-order chi connectivity index (χ0) is 13.2. The molecule has 96 valence electrons. The molecule has 0 N–H and O–H groups in total. The number of pyridine rings is 1. The Morgan fingerprint density at radius 3 is 2.56 bits per heavy atom. The average Bonchev–Trinajstić information content (AvgIpc) is 2.78. The molecule has 0 amide bonds. The fourth-order valence-electron chi connectivity index (χ4n) is 2.02. The van der Waals surface area contributed by atoms with Crippen LogP contribution >= 0.6 is 0 Å². The highest BCUT2D eigenvalue weighted by molar-refractivity contribution is 5.14. The fraction of sp³-hybridized carbons (Fsp3) is 0.467. The first kappa shape index (κ1) is 12.8. The van der Waals surface area contributed by atoms with Crippen LogP contribution in [0.4, 0.5) is 0 Å². The fourth-order valence-corrected chi connectivity index (χ4v) is 2.02. The van der Waals surface area contributed by atoms with Gasteiger partial charge < -0.3 is 0 Å². The van der Waals surface area contributed by atoms with Crippen LogP contribution < -0.4 is 0 Å². The van der Waals surface area contributed by atoms with Crippen LogP contribution in [-0.4, -0.2) is 14.8 Å². The summed E-state index contributed by atoms with van der Waals surface area (Å²) in [6.45, 7) is 9.57. The van der Waals surface area contributed by atoms with Gasteiger partial charge in [-0.2, -0.15) is 5.10 Å². The van der Waals surface area contributed by atoms with Crippen molar-refractivity contribution in [3.63, 3.8) is 0 Å². The lowest BCUT2D eigenvalue weighted by Gasteiger charge is -2.23. The molecule has 2 rings (SSSR count). The van der Waals surface area contributed by atoms with Crippen molar-refractivity contribution in [1.29, 1.82) is 0 Å². The summed E-state index contributed by atoms with van der Waals surface area (Å²) in [5, 5.41) is 4.61. The predicted octanol–water partition coefficient (Wildman–Crippen LogP) is 3.38. The van der Waals surface area contributed by atoms with Crippen molar-refractivity contribution in [2.75, 3.05) is 0 Å². The van der Waals surface area contributed by atoms with Gasteiger partial charge in [-0.05, 0) is 24.1 Å². The summed E-state index contributed by atoms with van der Waals surface area (Å²) in [7, 11) is 0. The average molecular weight is 243 g/mol. The van der Waals surface area contributed by atoms with Crippen LogP contribution in [0.1, 0.15) is 45.0 Å². The van der Waals surface area contributed by atoms with Gasteiger partial charge >= 0.3 is 0 Å². The zero-order valence-corrected chi connectivity index (χ0v) is 11.6. The molecule has 2 aromatic rings. The van der Waals surface area contributed by atoms with Crippen molar-refractivity contribution >= 4 is 0 Å². The third-order valence-corrected chi connectivity index (χ3v) is 3.17. The first-order valence-electron chi connectivity index (χ1n) is 6.44. The maximum absolute atomic E-state index is 4.61. The number of nitrogens with zero attached hydrogens (tertiary/aromatic N) is 3. The SMILES string of the molecule is CC(C)c1ccn(CC(C)(C)c2ccccn2)n1. The Morgan fingerprint density at radius 1 is 1.22 bits per heavy atom. The smallest absolute Gasteiger partial charge is 0.0649 e. The van der Waals surface area contributed by atoms with Gasteiger partial charge in [0, 0.05) is 23.5 Å². The highest BCUT2D eigenvalue weighted by Gasteiger charge is 2.23. The molecule has 18 heavy (non-hydrogen) atoms. The summed E-state index contributed by atoms with van der Waals surface area (Å²) in [4.78, 5) is 4.45. The van der Waals surface area contributed by atoms with Crippen molar-refractivity contribution < 1.29 is 0 Å². The molecule has 0 saturated carbocycles. The second-order valence-electron chi connectivity index (χ2n) is 5.69. The lowest BCUT2D eigenvalue weighted by atomic mass is 9.89. The topological polar surface area (TPSA) is 30.7 Å². The van der Waals surface area contributed by atoms with E-state index in [2.05, 4.69) is 56.1 Å². The second kappa shape index (κ2) is 4.92. The molecular formula is C15H21N3. The third kappa shape index (κ3) is 2.78. The van der Waals surface area contributed by atoms with E-state index in [1.807, 2.05) is 23.0 Å². The standard InChI is InChI=1S/C15H21N3/c1-12(2)13-8-10-18(17-13)11-15(3,4)14-7-5-6-9-16-14/h5-10,12H,11H2,1-4H3. The van der Waals surface area contributed by atoms with Crippen LogP contribution in [0.3, 0.4) is 0 Å². The summed E-state index contributed by atoms with van der Waals surface area (Å²) in [5.41, 5.74) is 2.24.